The number of fused-ring (bicyclic) bond motifs is 1. The van der Waals surface area contributed by atoms with E-state index in [0.717, 1.165) is 22.2 Å². The minimum atomic E-state index is -0.367. The zero-order chi connectivity index (χ0) is 15.5. The maximum atomic E-state index is 11.0. The number of nitro benzene ring substituents is 1. The molecule has 0 saturated carbocycles. The van der Waals surface area contributed by atoms with Gasteiger partial charge in [-0.1, -0.05) is 30.3 Å². The van der Waals surface area contributed by atoms with Crippen molar-refractivity contribution in [2.45, 2.75) is 6.54 Å². The fourth-order valence-corrected chi connectivity index (χ4v) is 2.64. The van der Waals surface area contributed by atoms with Gasteiger partial charge in [0.05, 0.1) is 11.5 Å². The maximum absolute atomic E-state index is 11.0. The number of hydrogen-bond donors (Lipinski definition) is 0. The molecule has 5 heteroatoms. The molecular formula is C17H16N2O3. The van der Waals surface area contributed by atoms with Crippen LogP contribution in [0.2, 0.25) is 0 Å². The van der Waals surface area contributed by atoms with Gasteiger partial charge in [0.2, 0.25) is 0 Å². The quantitative estimate of drug-likeness (QED) is 0.530. The molecule has 3 aromatic rings. The molecule has 2 aromatic carbocycles. The van der Waals surface area contributed by atoms with Crippen LogP contribution in [0.15, 0.2) is 54.6 Å². The number of aromatic nitrogens is 1. The predicted octanol–water partition coefficient (Wildman–Crippen LogP) is 3.86. The van der Waals surface area contributed by atoms with Gasteiger partial charge in [-0.15, -0.1) is 0 Å². The lowest BCUT2D eigenvalue weighted by atomic mass is 10.1. The first-order valence-corrected chi connectivity index (χ1v) is 7.03. The van der Waals surface area contributed by atoms with Crippen LogP contribution in [-0.2, 0) is 11.3 Å². The lowest BCUT2D eigenvalue weighted by molar-refractivity contribution is -0.384. The first-order chi connectivity index (χ1) is 10.7. The summed E-state index contributed by atoms with van der Waals surface area (Å²) in [6, 6.07) is 17.0. The Morgan fingerprint density at radius 2 is 1.91 bits per heavy atom. The molecule has 1 heterocycles. The van der Waals surface area contributed by atoms with Crippen molar-refractivity contribution in [2.75, 3.05) is 13.7 Å². The number of nitrogens with zero attached hydrogens (tertiary/aromatic N) is 2. The van der Waals surface area contributed by atoms with Crippen LogP contribution in [0.25, 0.3) is 22.2 Å². The van der Waals surface area contributed by atoms with Gasteiger partial charge in [0.1, 0.15) is 0 Å². The number of methoxy groups -OCH3 is 1. The molecule has 0 aliphatic rings. The summed E-state index contributed by atoms with van der Waals surface area (Å²) in [4.78, 5) is 10.6. The molecule has 0 fully saturated rings. The highest BCUT2D eigenvalue weighted by molar-refractivity contribution is 5.88. The average Bonchev–Trinajstić information content (AvgIpc) is 2.91. The Hall–Kier alpha value is -2.66. The second kappa shape index (κ2) is 5.99. The van der Waals surface area contributed by atoms with E-state index >= 15 is 0 Å². The fourth-order valence-electron chi connectivity index (χ4n) is 2.64. The molecule has 0 saturated heterocycles. The Kier molecular flexibility index (Phi) is 3.89. The Bertz CT molecular complexity index is 809. The van der Waals surface area contributed by atoms with Crippen molar-refractivity contribution in [3.63, 3.8) is 0 Å². The third-order valence-electron chi connectivity index (χ3n) is 3.68. The summed E-state index contributed by atoms with van der Waals surface area (Å²) >= 11 is 0. The summed E-state index contributed by atoms with van der Waals surface area (Å²) in [6.07, 6.45) is 0. The van der Waals surface area contributed by atoms with Crippen molar-refractivity contribution < 1.29 is 9.66 Å². The first-order valence-electron chi connectivity index (χ1n) is 7.03. The Labute approximate surface area is 127 Å². The first kappa shape index (κ1) is 14.3. The van der Waals surface area contributed by atoms with Gasteiger partial charge >= 0.3 is 0 Å². The Balaban J connectivity index is 2.18. The molecule has 0 aliphatic carbocycles. The molecule has 0 spiro atoms. The topological polar surface area (TPSA) is 57.3 Å². The molecule has 0 N–H and O–H groups in total. The second-order valence-electron chi connectivity index (χ2n) is 5.04. The van der Waals surface area contributed by atoms with E-state index in [1.54, 1.807) is 25.3 Å². The Morgan fingerprint density at radius 1 is 1.14 bits per heavy atom. The third kappa shape index (κ3) is 2.58. The third-order valence-corrected chi connectivity index (χ3v) is 3.68. The largest absolute Gasteiger partial charge is 0.383 e. The van der Waals surface area contributed by atoms with Crippen LogP contribution >= 0.6 is 0 Å². The average molecular weight is 296 g/mol. The molecule has 5 nitrogen and oxygen atoms in total. The molecule has 0 unspecified atom stereocenters. The number of hydrogen-bond acceptors (Lipinski definition) is 3. The molecule has 0 radical (unpaired) electrons. The number of benzene rings is 2. The maximum Gasteiger partial charge on any atom is 0.270 e. The van der Waals surface area contributed by atoms with E-state index in [1.807, 2.05) is 36.4 Å². The smallest absolute Gasteiger partial charge is 0.270 e. The van der Waals surface area contributed by atoms with Crippen molar-refractivity contribution in [1.29, 1.82) is 0 Å². The highest BCUT2D eigenvalue weighted by Crippen LogP contribution is 2.30. The van der Waals surface area contributed by atoms with Crippen molar-refractivity contribution in [1.82, 2.24) is 4.57 Å². The standard InChI is InChI=1S/C17H16N2O3/c1-22-10-9-18-16-8-7-15(19(20)21)11-14(16)12-17(18)13-5-3-2-4-6-13/h2-8,11-12H,9-10H2,1H3. The van der Waals surface area contributed by atoms with Gasteiger partial charge in [-0.05, 0) is 17.7 Å². The highest BCUT2D eigenvalue weighted by Gasteiger charge is 2.13. The van der Waals surface area contributed by atoms with E-state index in [0.29, 0.717) is 13.2 Å². The van der Waals surface area contributed by atoms with E-state index in [9.17, 15) is 10.1 Å². The molecule has 22 heavy (non-hydrogen) atoms. The molecule has 0 bridgehead atoms. The van der Waals surface area contributed by atoms with Crippen molar-refractivity contribution in [3.05, 3.63) is 64.7 Å². The minimum Gasteiger partial charge on any atom is -0.383 e. The van der Waals surface area contributed by atoms with Gasteiger partial charge in [0, 0.05) is 42.4 Å². The summed E-state index contributed by atoms with van der Waals surface area (Å²) < 4.78 is 7.32. The van der Waals surface area contributed by atoms with Crippen molar-refractivity contribution >= 4 is 16.6 Å². The zero-order valence-corrected chi connectivity index (χ0v) is 12.2. The summed E-state index contributed by atoms with van der Waals surface area (Å²) in [6.45, 7) is 1.28. The van der Waals surface area contributed by atoms with E-state index < -0.39 is 0 Å². The van der Waals surface area contributed by atoms with E-state index in [4.69, 9.17) is 4.74 Å². The number of nitro groups is 1. The minimum absolute atomic E-state index is 0.107. The summed E-state index contributed by atoms with van der Waals surface area (Å²) in [5, 5.41) is 11.8. The zero-order valence-electron chi connectivity index (χ0n) is 12.2. The van der Waals surface area contributed by atoms with Gasteiger partial charge in [0.25, 0.3) is 5.69 Å². The van der Waals surface area contributed by atoms with Gasteiger partial charge in [-0.2, -0.15) is 0 Å². The predicted molar refractivity (Wildman–Crippen MR) is 85.9 cm³/mol. The molecule has 0 atom stereocenters. The molecule has 0 amide bonds. The number of non-ortho nitro benzene ring substituents is 1. The molecule has 1 aromatic heterocycles. The molecule has 3 rings (SSSR count). The number of rotatable bonds is 5. The van der Waals surface area contributed by atoms with E-state index in [1.165, 1.54) is 0 Å². The van der Waals surface area contributed by atoms with Crippen LogP contribution in [0.3, 0.4) is 0 Å². The lowest BCUT2D eigenvalue weighted by Gasteiger charge is -2.10. The van der Waals surface area contributed by atoms with Crippen LogP contribution in [0.5, 0.6) is 0 Å². The van der Waals surface area contributed by atoms with Gasteiger partial charge in [0.15, 0.2) is 0 Å². The van der Waals surface area contributed by atoms with E-state index in [2.05, 4.69) is 4.57 Å². The molecular weight excluding hydrogens is 280 g/mol. The molecule has 112 valence electrons. The monoisotopic (exact) mass is 296 g/mol. The summed E-state index contributed by atoms with van der Waals surface area (Å²) in [5.74, 6) is 0. The number of ether oxygens (including phenoxy) is 1. The van der Waals surface area contributed by atoms with Crippen LogP contribution in [0.4, 0.5) is 5.69 Å². The van der Waals surface area contributed by atoms with Crippen molar-refractivity contribution in [2.24, 2.45) is 0 Å². The normalized spacial score (nSPS) is 11.0. The SMILES string of the molecule is COCCn1c(-c2ccccc2)cc2cc([N+](=O)[O-])ccc21. The lowest BCUT2D eigenvalue weighted by Crippen LogP contribution is -2.05. The van der Waals surface area contributed by atoms with Crippen LogP contribution in [0.1, 0.15) is 0 Å². The summed E-state index contributed by atoms with van der Waals surface area (Å²) in [5.41, 5.74) is 3.20. The second-order valence-corrected chi connectivity index (χ2v) is 5.04. The highest BCUT2D eigenvalue weighted by atomic mass is 16.6. The van der Waals surface area contributed by atoms with Crippen LogP contribution in [0, 0.1) is 10.1 Å². The van der Waals surface area contributed by atoms with Gasteiger partial charge < -0.3 is 9.30 Å². The summed E-state index contributed by atoms with van der Waals surface area (Å²) in [7, 11) is 1.67. The molecule has 0 aliphatic heterocycles. The van der Waals surface area contributed by atoms with E-state index in [-0.39, 0.29) is 10.6 Å². The fraction of sp³-hybridized carbons (Fsp3) is 0.176. The van der Waals surface area contributed by atoms with Crippen LogP contribution < -0.4 is 0 Å². The Morgan fingerprint density at radius 3 is 2.59 bits per heavy atom. The van der Waals surface area contributed by atoms with Crippen molar-refractivity contribution in [3.8, 4) is 11.3 Å². The van der Waals surface area contributed by atoms with Crippen LogP contribution in [-0.4, -0.2) is 23.2 Å². The van der Waals surface area contributed by atoms with Gasteiger partial charge in [-0.3, -0.25) is 10.1 Å². The van der Waals surface area contributed by atoms with Gasteiger partial charge in [-0.25, -0.2) is 0 Å².